The summed E-state index contributed by atoms with van der Waals surface area (Å²) in [5.41, 5.74) is 11.1. The second-order valence-electron chi connectivity index (χ2n) is 4.07. The van der Waals surface area contributed by atoms with Gasteiger partial charge in [-0.15, -0.1) is 0 Å². The first-order valence-electron chi connectivity index (χ1n) is 5.70. The summed E-state index contributed by atoms with van der Waals surface area (Å²) in [5.74, 6) is 0.969. The minimum Gasteiger partial charge on any atom is -0.329 e. The van der Waals surface area contributed by atoms with E-state index in [-0.39, 0.29) is 0 Å². The van der Waals surface area contributed by atoms with Gasteiger partial charge in [-0.05, 0) is 13.8 Å². The highest BCUT2D eigenvalue weighted by molar-refractivity contribution is 4.86. The SMILES string of the molecule is CC(C)n1ncnc1CN(CCN)CCN. The Kier molecular flexibility index (Phi) is 5.37. The fraction of sp³-hybridized carbons (Fsp3) is 0.800. The summed E-state index contributed by atoms with van der Waals surface area (Å²) < 4.78 is 1.93. The lowest BCUT2D eigenvalue weighted by Crippen LogP contribution is -2.34. The van der Waals surface area contributed by atoms with Crippen LogP contribution in [0.5, 0.6) is 0 Å². The molecule has 0 saturated heterocycles. The van der Waals surface area contributed by atoms with Crippen molar-refractivity contribution in [1.82, 2.24) is 19.7 Å². The van der Waals surface area contributed by atoms with Gasteiger partial charge in [0.15, 0.2) is 0 Å². The van der Waals surface area contributed by atoms with Gasteiger partial charge in [0, 0.05) is 32.2 Å². The fourth-order valence-corrected chi connectivity index (χ4v) is 1.65. The smallest absolute Gasteiger partial charge is 0.141 e. The molecule has 4 N–H and O–H groups in total. The van der Waals surface area contributed by atoms with Crippen molar-refractivity contribution in [2.45, 2.75) is 26.4 Å². The Morgan fingerprint density at radius 3 is 2.44 bits per heavy atom. The van der Waals surface area contributed by atoms with E-state index >= 15 is 0 Å². The molecule has 0 aromatic carbocycles. The quantitative estimate of drug-likeness (QED) is 0.659. The zero-order chi connectivity index (χ0) is 12.0. The summed E-state index contributed by atoms with van der Waals surface area (Å²) in [6, 6.07) is 0.329. The van der Waals surface area contributed by atoms with Gasteiger partial charge in [0.2, 0.25) is 0 Å². The molecule has 16 heavy (non-hydrogen) atoms. The third kappa shape index (κ3) is 3.55. The number of nitrogens with zero attached hydrogens (tertiary/aromatic N) is 4. The minimum atomic E-state index is 0.329. The molecule has 0 aliphatic heterocycles. The van der Waals surface area contributed by atoms with Crippen molar-refractivity contribution >= 4 is 0 Å². The molecular weight excluding hydrogens is 204 g/mol. The van der Waals surface area contributed by atoms with E-state index in [9.17, 15) is 0 Å². The fourth-order valence-electron chi connectivity index (χ4n) is 1.65. The Morgan fingerprint density at radius 1 is 1.31 bits per heavy atom. The molecule has 0 radical (unpaired) electrons. The molecule has 0 amide bonds. The highest BCUT2D eigenvalue weighted by Gasteiger charge is 2.11. The third-order valence-corrected chi connectivity index (χ3v) is 2.39. The van der Waals surface area contributed by atoms with Crippen molar-refractivity contribution in [3.05, 3.63) is 12.2 Å². The average molecular weight is 226 g/mol. The molecular formula is C10H22N6. The van der Waals surface area contributed by atoms with Crippen LogP contribution in [0.4, 0.5) is 0 Å². The van der Waals surface area contributed by atoms with Crippen LogP contribution in [0.2, 0.25) is 0 Å². The minimum absolute atomic E-state index is 0.329. The lowest BCUT2D eigenvalue weighted by Gasteiger charge is -2.21. The zero-order valence-electron chi connectivity index (χ0n) is 10.1. The summed E-state index contributed by atoms with van der Waals surface area (Å²) >= 11 is 0. The molecule has 0 aliphatic rings. The largest absolute Gasteiger partial charge is 0.329 e. The van der Waals surface area contributed by atoms with E-state index in [4.69, 9.17) is 11.5 Å². The number of aromatic nitrogens is 3. The topological polar surface area (TPSA) is 86.0 Å². The van der Waals surface area contributed by atoms with E-state index in [0.717, 1.165) is 25.5 Å². The lowest BCUT2D eigenvalue weighted by molar-refractivity contribution is 0.265. The summed E-state index contributed by atoms with van der Waals surface area (Å²) in [6.45, 7) is 7.88. The first kappa shape index (κ1) is 13.1. The van der Waals surface area contributed by atoms with Gasteiger partial charge in [-0.3, -0.25) is 4.90 Å². The van der Waals surface area contributed by atoms with Crippen LogP contribution >= 0.6 is 0 Å². The Labute approximate surface area is 96.6 Å². The maximum absolute atomic E-state index is 5.56. The van der Waals surface area contributed by atoms with Crippen molar-refractivity contribution in [1.29, 1.82) is 0 Å². The molecule has 6 nitrogen and oxygen atoms in total. The monoisotopic (exact) mass is 226 g/mol. The molecule has 0 spiro atoms. The summed E-state index contributed by atoms with van der Waals surface area (Å²) in [6.07, 6.45) is 1.60. The standard InChI is InChI=1S/C10H22N6/c1-9(2)16-10(13-8-14-16)7-15(5-3-11)6-4-12/h8-9H,3-7,11-12H2,1-2H3. The maximum atomic E-state index is 5.56. The van der Waals surface area contributed by atoms with Crippen LogP contribution in [-0.4, -0.2) is 45.8 Å². The maximum Gasteiger partial charge on any atom is 0.141 e. The van der Waals surface area contributed by atoms with Crippen molar-refractivity contribution < 1.29 is 0 Å². The molecule has 1 aromatic heterocycles. The number of hydrogen-bond acceptors (Lipinski definition) is 5. The van der Waals surface area contributed by atoms with E-state index in [0.29, 0.717) is 19.1 Å². The van der Waals surface area contributed by atoms with Crippen molar-refractivity contribution in [2.24, 2.45) is 11.5 Å². The number of nitrogens with two attached hydrogens (primary N) is 2. The predicted molar refractivity (Wildman–Crippen MR) is 63.8 cm³/mol. The van der Waals surface area contributed by atoms with Crippen molar-refractivity contribution in [2.75, 3.05) is 26.2 Å². The second kappa shape index (κ2) is 6.57. The first-order valence-corrected chi connectivity index (χ1v) is 5.70. The van der Waals surface area contributed by atoms with Crippen LogP contribution in [0, 0.1) is 0 Å². The van der Waals surface area contributed by atoms with E-state index < -0.39 is 0 Å². The predicted octanol–water partition coefficient (Wildman–Crippen LogP) is -0.422. The molecule has 0 fully saturated rings. The molecule has 0 aliphatic carbocycles. The highest BCUT2D eigenvalue weighted by Crippen LogP contribution is 2.07. The molecule has 1 aromatic rings. The van der Waals surface area contributed by atoms with E-state index in [1.54, 1.807) is 6.33 Å². The lowest BCUT2D eigenvalue weighted by atomic mass is 10.3. The molecule has 0 atom stereocenters. The van der Waals surface area contributed by atoms with Crippen LogP contribution in [-0.2, 0) is 6.54 Å². The molecule has 0 unspecified atom stereocenters. The molecule has 92 valence electrons. The van der Waals surface area contributed by atoms with Gasteiger partial charge < -0.3 is 11.5 Å². The Morgan fingerprint density at radius 2 is 1.94 bits per heavy atom. The van der Waals surface area contributed by atoms with Gasteiger partial charge in [0.25, 0.3) is 0 Å². The summed E-state index contributed by atoms with van der Waals surface area (Å²) in [4.78, 5) is 6.47. The molecule has 0 saturated carbocycles. The van der Waals surface area contributed by atoms with Gasteiger partial charge in [-0.2, -0.15) is 5.10 Å². The highest BCUT2D eigenvalue weighted by atomic mass is 15.4. The van der Waals surface area contributed by atoms with Gasteiger partial charge in [-0.25, -0.2) is 9.67 Å². The van der Waals surface area contributed by atoms with Crippen LogP contribution in [0.25, 0.3) is 0 Å². The summed E-state index contributed by atoms with van der Waals surface area (Å²) in [5, 5.41) is 4.21. The molecule has 6 heteroatoms. The summed E-state index contributed by atoms with van der Waals surface area (Å²) in [7, 11) is 0. The van der Waals surface area contributed by atoms with E-state index in [2.05, 4.69) is 28.8 Å². The van der Waals surface area contributed by atoms with Crippen molar-refractivity contribution in [3.63, 3.8) is 0 Å². The normalized spacial score (nSPS) is 11.6. The van der Waals surface area contributed by atoms with Crippen LogP contribution in [0.15, 0.2) is 6.33 Å². The van der Waals surface area contributed by atoms with Gasteiger partial charge in [0.05, 0.1) is 6.54 Å². The molecule has 0 bridgehead atoms. The zero-order valence-corrected chi connectivity index (χ0v) is 10.1. The van der Waals surface area contributed by atoms with Crippen LogP contribution < -0.4 is 11.5 Å². The second-order valence-corrected chi connectivity index (χ2v) is 4.07. The van der Waals surface area contributed by atoms with Crippen molar-refractivity contribution in [3.8, 4) is 0 Å². The number of rotatable bonds is 7. The van der Waals surface area contributed by atoms with E-state index in [1.807, 2.05) is 4.68 Å². The van der Waals surface area contributed by atoms with Gasteiger partial charge in [0.1, 0.15) is 12.2 Å². The van der Waals surface area contributed by atoms with Gasteiger partial charge in [-0.1, -0.05) is 0 Å². The first-order chi connectivity index (χ1) is 7.69. The van der Waals surface area contributed by atoms with Gasteiger partial charge >= 0.3 is 0 Å². The average Bonchev–Trinajstić information content (AvgIpc) is 2.66. The number of hydrogen-bond donors (Lipinski definition) is 2. The molecule has 1 heterocycles. The van der Waals surface area contributed by atoms with E-state index in [1.165, 1.54) is 0 Å². The molecule has 1 rings (SSSR count). The van der Waals surface area contributed by atoms with Crippen LogP contribution in [0.1, 0.15) is 25.7 Å². The third-order valence-electron chi connectivity index (χ3n) is 2.39. The Balaban J connectivity index is 2.64. The Hall–Kier alpha value is -0.980. The Bertz CT molecular complexity index is 289. The van der Waals surface area contributed by atoms with Crippen LogP contribution in [0.3, 0.4) is 0 Å².